The van der Waals surface area contributed by atoms with Gasteiger partial charge in [-0.1, -0.05) is 0 Å². The largest absolute Gasteiger partial charge is 0.473 e. The minimum absolute atomic E-state index is 0.243. The lowest BCUT2D eigenvalue weighted by Crippen LogP contribution is -2.05. The van der Waals surface area contributed by atoms with Gasteiger partial charge in [-0.25, -0.2) is 9.07 Å². The molecule has 0 aliphatic rings. The van der Waals surface area contributed by atoms with E-state index in [0.717, 1.165) is 3.57 Å². The number of hydrogen-bond acceptors (Lipinski definition) is 4. The van der Waals surface area contributed by atoms with Crippen LogP contribution >= 0.6 is 22.6 Å². The summed E-state index contributed by atoms with van der Waals surface area (Å²) in [6.45, 7) is 0.845. The highest BCUT2D eigenvalue weighted by Crippen LogP contribution is 2.21. The first-order valence-corrected chi connectivity index (χ1v) is 6.80. The second-order valence-corrected chi connectivity index (χ2v) is 5.04. The molecule has 7 heteroatoms. The fraction of sp³-hybridized carbons (Fsp3) is 0.231. The minimum atomic E-state index is -0.480. The molecule has 0 spiro atoms. The Bertz CT molecular complexity index is 652. The van der Waals surface area contributed by atoms with Crippen molar-refractivity contribution in [2.45, 2.75) is 0 Å². The van der Waals surface area contributed by atoms with Crippen LogP contribution in [0.1, 0.15) is 5.56 Å². The van der Waals surface area contributed by atoms with Crippen molar-refractivity contribution in [3.63, 3.8) is 0 Å². The van der Waals surface area contributed by atoms with Gasteiger partial charge >= 0.3 is 0 Å². The molecule has 5 nitrogen and oxygen atoms in total. The number of ether oxygens (including phenoxy) is 2. The molecule has 0 radical (unpaired) electrons. The van der Waals surface area contributed by atoms with Crippen molar-refractivity contribution >= 4 is 22.6 Å². The van der Waals surface area contributed by atoms with Gasteiger partial charge in [-0.3, -0.25) is 0 Å². The van der Waals surface area contributed by atoms with Gasteiger partial charge in [0.1, 0.15) is 12.4 Å². The maximum absolute atomic E-state index is 13.4. The molecule has 0 saturated heterocycles. The van der Waals surface area contributed by atoms with Crippen LogP contribution < -0.4 is 4.74 Å². The summed E-state index contributed by atoms with van der Waals surface area (Å²) < 4.78 is 26.0. The summed E-state index contributed by atoms with van der Waals surface area (Å²) in [6.07, 6.45) is 1.71. The average molecular weight is 387 g/mol. The first kappa shape index (κ1) is 14.7. The van der Waals surface area contributed by atoms with Crippen LogP contribution in [0.25, 0.3) is 5.69 Å². The Balaban J connectivity index is 2.27. The van der Waals surface area contributed by atoms with Crippen LogP contribution in [0.2, 0.25) is 0 Å². The lowest BCUT2D eigenvalue weighted by atomic mass is 10.2. The lowest BCUT2D eigenvalue weighted by molar-refractivity contribution is 0.143. The predicted molar refractivity (Wildman–Crippen MR) is 78.3 cm³/mol. The van der Waals surface area contributed by atoms with Gasteiger partial charge in [0, 0.05) is 13.3 Å². The number of rotatable bonds is 5. The number of halogens is 2. The van der Waals surface area contributed by atoms with Gasteiger partial charge < -0.3 is 9.47 Å². The highest BCUT2D eigenvalue weighted by atomic mass is 127. The third-order valence-corrected chi connectivity index (χ3v) is 3.18. The normalized spacial score (nSPS) is 10.3. The topological polar surface area (TPSA) is 60.1 Å². The first-order valence-electron chi connectivity index (χ1n) is 5.72. The van der Waals surface area contributed by atoms with E-state index in [0.29, 0.717) is 24.8 Å². The van der Waals surface area contributed by atoms with E-state index in [1.165, 1.54) is 16.8 Å². The number of nitriles is 1. The van der Waals surface area contributed by atoms with E-state index in [4.69, 9.17) is 14.7 Å². The van der Waals surface area contributed by atoms with Gasteiger partial charge in [-0.15, -0.1) is 5.10 Å². The standard InChI is InChI=1S/C13H11FIN3O2/c1-19-2-3-20-13-12(15)8-18(17-13)11-5-9(7-16)4-10(14)6-11/h4-6,8H,2-3H2,1H3. The Morgan fingerprint density at radius 3 is 2.90 bits per heavy atom. The summed E-state index contributed by atoms with van der Waals surface area (Å²) in [6, 6.07) is 5.95. The lowest BCUT2D eigenvalue weighted by Gasteiger charge is -2.03. The molecule has 0 unspecified atom stereocenters. The average Bonchev–Trinajstić information content (AvgIpc) is 2.80. The summed E-state index contributed by atoms with van der Waals surface area (Å²) in [4.78, 5) is 0. The Morgan fingerprint density at radius 2 is 2.20 bits per heavy atom. The summed E-state index contributed by atoms with van der Waals surface area (Å²) >= 11 is 2.08. The number of hydrogen-bond donors (Lipinski definition) is 0. The van der Waals surface area contributed by atoms with E-state index in [-0.39, 0.29) is 5.56 Å². The zero-order valence-electron chi connectivity index (χ0n) is 10.6. The molecule has 0 saturated carbocycles. The first-order chi connectivity index (χ1) is 9.63. The monoisotopic (exact) mass is 387 g/mol. The summed E-state index contributed by atoms with van der Waals surface area (Å²) in [7, 11) is 1.59. The second-order valence-electron chi connectivity index (χ2n) is 3.88. The van der Waals surface area contributed by atoms with Crippen molar-refractivity contribution in [1.82, 2.24) is 9.78 Å². The van der Waals surface area contributed by atoms with Crippen LogP contribution in [0, 0.1) is 20.7 Å². The van der Waals surface area contributed by atoms with Crippen LogP contribution in [0.15, 0.2) is 24.4 Å². The molecule has 104 valence electrons. The molecule has 0 aliphatic heterocycles. The van der Waals surface area contributed by atoms with Crippen LogP contribution in [-0.4, -0.2) is 30.1 Å². The molecule has 0 fully saturated rings. The van der Waals surface area contributed by atoms with Crippen LogP contribution in [0.4, 0.5) is 4.39 Å². The zero-order chi connectivity index (χ0) is 14.5. The van der Waals surface area contributed by atoms with E-state index in [2.05, 4.69) is 27.7 Å². The molecule has 1 aromatic carbocycles. The molecule has 2 rings (SSSR count). The Morgan fingerprint density at radius 1 is 1.40 bits per heavy atom. The summed E-state index contributed by atoms with van der Waals surface area (Å²) in [5.41, 5.74) is 0.716. The second kappa shape index (κ2) is 6.67. The van der Waals surface area contributed by atoms with Crippen LogP contribution in [0.3, 0.4) is 0 Å². The van der Waals surface area contributed by atoms with E-state index in [9.17, 15) is 4.39 Å². The third kappa shape index (κ3) is 3.46. The fourth-order valence-electron chi connectivity index (χ4n) is 1.56. The van der Waals surface area contributed by atoms with Gasteiger partial charge in [-0.05, 0) is 40.8 Å². The maximum Gasteiger partial charge on any atom is 0.246 e. The molecule has 20 heavy (non-hydrogen) atoms. The Labute approximate surface area is 129 Å². The SMILES string of the molecule is COCCOc1nn(-c2cc(F)cc(C#N)c2)cc1I. The van der Waals surface area contributed by atoms with Crippen molar-refractivity contribution in [3.05, 3.63) is 39.3 Å². The van der Waals surface area contributed by atoms with Gasteiger partial charge in [0.15, 0.2) is 0 Å². The smallest absolute Gasteiger partial charge is 0.246 e. The minimum Gasteiger partial charge on any atom is -0.473 e. The molecule has 0 atom stereocenters. The number of methoxy groups -OCH3 is 1. The summed E-state index contributed by atoms with van der Waals surface area (Å²) in [5, 5.41) is 13.1. The van der Waals surface area contributed by atoms with Crippen molar-refractivity contribution in [2.75, 3.05) is 20.3 Å². The Hall–Kier alpha value is -1.66. The van der Waals surface area contributed by atoms with Gasteiger partial charge in [-0.2, -0.15) is 5.26 Å². The van der Waals surface area contributed by atoms with Gasteiger partial charge in [0.25, 0.3) is 0 Å². The van der Waals surface area contributed by atoms with Crippen molar-refractivity contribution < 1.29 is 13.9 Å². The fourth-order valence-corrected chi connectivity index (χ4v) is 2.09. The van der Waals surface area contributed by atoms with E-state index in [1.54, 1.807) is 19.4 Å². The third-order valence-electron chi connectivity index (χ3n) is 2.44. The maximum atomic E-state index is 13.4. The molecule has 0 amide bonds. The summed E-state index contributed by atoms with van der Waals surface area (Å²) in [5.74, 6) is -0.0307. The van der Waals surface area contributed by atoms with E-state index >= 15 is 0 Å². The number of nitrogens with zero attached hydrogens (tertiary/aromatic N) is 3. The molecular weight excluding hydrogens is 376 g/mol. The highest BCUT2D eigenvalue weighted by molar-refractivity contribution is 14.1. The Kier molecular flexibility index (Phi) is 4.92. The van der Waals surface area contributed by atoms with Gasteiger partial charge in [0.05, 0.1) is 27.5 Å². The number of aromatic nitrogens is 2. The van der Waals surface area contributed by atoms with Crippen molar-refractivity contribution in [2.24, 2.45) is 0 Å². The van der Waals surface area contributed by atoms with Crippen LogP contribution in [-0.2, 0) is 4.74 Å². The molecule has 0 bridgehead atoms. The molecule has 2 aromatic rings. The van der Waals surface area contributed by atoms with Crippen LogP contribution in [0.5, 0.6) is 5.88 Å². The molecule has 0 N–H and O–H groups in total. The predicted octanol–water partition coefficient (Wildman–Crippen LogP) is 2.51. The molecule has 1 heterocycles. The molecule has 0 aliphatic carbocycles. The van der Waals surface area contributed by atoms with Crippen molar-refractivity contribution in [3.8, 4) is 17.6 Å². The van der Waals surface area contributed by atoms with E-state index < -0.39 is 5.82 Å². The molecule has 1 aromatic heterocycles. The quantitative estimate of drug-likeness (QED) is 0.585. The van der Waals surface area contributed by atoms with Crippen molar-refractivity contribution in [1.29, 1.82) is 5.26 Å². The zero-order valence-corrected chi connectivity index (χ0v) is 12.8. The van der Waals surface area contributed by atoms with E-state index in [1.807, 2.05) is 6.07 Å². The number of benzene rings is 1. The van der Waals surface area contributed by atoms with Gasteiger partial charge in [0.2, 0.25) is 5.88 Å². The highest BCUT2D eigenvalue weighted by Gasteiger charge is 2.10. The molecular formula is C13H11FIN3O2.